The van der Waals surface area contributed by atoms with Crippen LogP contribution in [-0.4, -0.2) is 23.3 Å². The predicted octanol–water partition coefficient (Wildman–Crippen LogP) is 9.06. The summed E-state index contributed by atoms with van der Waals surface area (Å²) in [5.41, 5.74) is -1.63. The number of thiophene rings is 1. The summed E-state index contributed by atoms with van der Waals surface area (Å²) in [5.74, 6) is -0.428. The van der Waals surface area contributed by atoms with Gasteiger partial charge in [0.2, 0.25) is 0 Å². The first-order valence-electron chi connectivity index (χ1n) is 12.9. The third-order valence-corrected chi connectivity index (χ3v) is 9.67. The molecule has 10 heteroatoms. The monoisotopic (exact) mass is 598 g/mol. The zero-order chi connectivity index (χ0) is 28.8. The molecule has 0 aliphatic heterocycles. The molecule has 0 aliphatic rings. The van der Waals surface area contributed by atoms with E-state index in [9.17, 15) is 21.6 Å². The Bertz CT molecular complexity index is 2500. The SMILES string of the molecule is O=S(=O)(Oc1ccc(-c2cc3c4ccccc4sc3c3nc4c5cc6ccccc6cc5ccc4n23)cc1)C(F)(F)F. The molecule has 0 bridgehead atoms. The van der Waals surface area contributed by atoms with Crippen LogP contribution in [0.25, 0.3) is 69.7 Å². The van der Waals surface area contributed by atoms with Gasteiger partial charge in [0, 0.05) is 20.9 Å². The average molecular weight is 599 g/mol. The normalized spacial score (nSPS) is 12.8. The number of pyridine rings is 1. The Hall–Kier alpha value is -4.67. The Balaban J connectivity index is 1.42. The fourth-order valence-corrected chi connectivity index (χ4v) is 7.21. The number of hydrogen-bond acceptors (Lipinski definition) is 5. The lowest BCUT2D eigenvalue weighted by molar-refractivity contribution is -0.0500. The van der Waals surface area contributed by atoms with Crippen molar-refractivity contribution in [1.82, 2.24) is 9.38 Å². The minimum absolute atomic E-state index is 0.428. The highest BCUT2D eigenvalue weighted by atomic mass is 32.2. The fraction of sp³-hybridized carbons (Fsp3) is 0.0312. The predicted molar refractivity (Wildman–Crippen MR) is 162 cm³/mol. The van der Waals surface area contributed by atoms with E-state index in [2.05, 4.69) is 57.1 Å². The number of hydrogen-bond donors (Lipinski definition) is 0. The molecule has 0 atom stereocenters. The third kappa shape index (κ3) is 3.68. The first kappa shape index (κ1) is 25.1. The summed E-state index contributed by atoms with van der Waals surface area (Å²) in [5, 5.41) is 6.38. The van der Waals surface area contributed by atoms with Crippen LogP contribution in [0.5, 0.6) is 5.75 Å². The third-order valence-electron chi connectivity index (χ3n) is 7.51. The van der Waals surface area contributed by atoms with Crippen LogP contribution in [0.1, 0.15) is 0 Å². The maximum Gasteiger partial charge on any atom is 0.534 e. The van der Waals surface area contributed by atoms with Gasteiger partial charge in [-0.15, -0.1) is 11.3 Å². The molecule has 0 radical (unpaired) electrons. The maximum atomic E-state index is 12.9. The largest absolute Gasteiger partial charge is 0.534 e. The van der Waals surface area contributed by atoms with Gasteiger partial charge in [-0.05, 0) is 76.3 Å². The number of benzene rings is 5. The van der Waals surface area contributed by atoms with Crippen molar-refractivity contribution in [3.8, 4) is 17.0 Å². The molecule has 8 rings (SSSR count). The number of aromatic nitrogens is 2. The molecule has 8 aromatic rings. The van der Waals surface area contributed by atoms with E-state index < -0.39 is 21.4 Å². The molecule has 5 aromatic carbocycles. The van der Waals surface area contributed by atoms with E-state index in [0.717, 1.165) is 64.1 Å². The second kappa shape index (κ2) is 8.67. The Labute approximate surface area is 240 Å². The fourth-order valence-electron chi connectivity index (χ4n) is 5.59. The minimum atomic E-state index is -5.78. The molecular formula is C32H17F3N2O3S2. The van der Waals surface area contributed by atoms with Crippen LogP contribution >= 0.6 is 11.3 Å². The highest BCUT2D eigenvalue weighted by Crippen LogP contribution is 2.42. The topological polar surface area (TPSA) is 60.7 Å². The van der Waals surface area contributed by atoms with Crippen molar-refractivity contribution >= 4 is 79.9 Å². The van der Waals surface area contributed by atoms with Gasteiger partial charge in [-0.25, -0.2) is 4.98 Å². The summed E-state index contributed by atoms with van der Waals surface area (Å²) >= 11 is 1.65. The van der Waals surface area contributed by atoms with E-state index in [1.807, 2.05) is 30.3 Å². The number of halogens is 3. The highest BCUT2D eigenvalue weighted by molar-refractivity contribution is 7.88. The van der Waals surface area contributed by atoms with Crippen molar-refractivity contribution in [3.05, 3.63) is 103 Å². The number of fused-ring (bicyclic) bond motifs is 10. The Morgan fingerprint density at radius 1 is 0.738 bits per heavy atom. The summed E-state index contributed by atoms with van der Waals surface area (Å²) in [4.78, 5) is 5.20. The minimum Gasteiger partial charge on any atom is -0.376 e. The van der Waals surface area contributed by atoms with Crippen molar-refractivity contribution in [2.45, 2.75) is 5.51 Å². The Morgan fingerprint density at radius 3 is 2.21 bits per heavy atom. The number of rotatable bonds is 3. The van der Waals surface area contributed by atoms with Crippen molar-refractivity contribution in [2.24, 2.45) is 0 Å². The lowest BCUT2D eigenvalue weighted by Gasteiger charge is -2.11. The zero-order valence-electron chi connectivity index (χ0n) is 21.4. The van der Waals surface area contributed by atoms with Gasteiger partial charge in [-0.3, -0.25) is 4.40 Å². The molecule has 42 heavy (non-hydrogen) atoms. The lowest BCUT2D eigenvalue weighted by atomic mass is 10.0. The molecule has 0 aliphatic carbocycles. The summed E-state index contributed by atoms with van der Waals surface area (Å²) in [6.45, 7) is 0. The molecule has 0 unspecified atom stereocenters. The first-order chi connectivity index (χ1) is 20.2. The molecular weight excluding hydrogens is 581 g/mol. The van der Waals surface area contributed by atoms with E-state index in [4.69, 9.17) is 4.98 Å². The zero-order valence-corrected chi connectivity index (χ0v) is 23.0. The molecule has 206 valence electrons. The van der Waals surface area contributed by atoms with Crippen LogP contribution < -0.4 is 4.18 Å². The molecule has 0 saturated carbocycles. The van der Waals surface area contributed by atoms with E-state index in [1.54, 1.807) is 23.5 Å². The second-order valence-corrected chi connectivity index (χ2v) is 12.6. The van der Waals surface area contributed by atoms with Crippen LogP contribution in [0.4, 0.5) is 13.2 Å². The van der Waals surface area contributed by atoms with Crippen molar-refractivity contribution in [3.63, 3.8) is 0 Å². The van der Waals surface area contributed by atoms with Crippen LogP contribution in [-0.2, 0) is 10.1 Å². The highest BCUT2D eigenvalue weighted by Gasteiger charge is 2.48. The van der Waals surface area contributed by atoms with Crippen molar-refractivity contribution in [2.75, 3.05) is 0 Å². The van der Waals surface area contributed by atoms with Crippen LogP contribution in [0.15, 0.2) is 103 Å². The van der Waals surface area contributed by atoms with E-state index in [-0.39, 0.29) is 0 Å². The number of imidazole rings is 1. The standard InChI is InChI=1S/C32H17F3N2O3S2/c33-32(34,35)42(38,39)40-22-12-9-18(10-13-22)27-17-25-23-7-3-4-8-28(23)41-30(25)31-36-29-24-16-20-6-2-1-5-19(20)15-21(24)11-14-26(29)37(27)31/h1-17H. The van der Waals surface area contributed by atoms with Gasteiger partial charge < -0.3 is 4.18 Å². The number of alkyl halides is 3. The van der Waals surface area contributed by atoms with Crippen LogP contribution in [0.3, 0.4) is 0 Å². The van der Waals surface area contributed by atoms with Crippen molar-refractivity contribution < 1.29 is 25.8 Å². The molecule has 5 nitrogen and oxygen atoms in total. The molecule has 0 amide bonds. The van der Waals surface area contributed by atoms with E-state index in [1.165, 1.54) is 12.1 Å². The molecule has 0 N–H and O–H groups in total. The maximum absolute atomic E-state index is 12.9. The average Bonchev–Trinajstić information content (AvgIpc) is 3.54. The Morgan fingerprint density at radius 2 is 1.45 bits per heavy atom. The molecule has 0 spiro atoms. The van der Waals surface area contributed by atoms with Gasteiger partial charge >= 0.3 is 15.6 Å². The van der Waals surface area contributed by atoms with Gasteiger partial charge in [-0.2, -0.15) is 21.6 Å². The summed E-state index contributed by atoms with van der Waals surface area (Å²) in [6.07, 6.45) is 0. The lowest BCUT2D eigenvalue weighted by Crippen LogP contribution is -2.28. The second-order valence-electron chi connectivity index (χ2n) is 10.0. The number of nitrogens with zero attached hydrogens (tertiary/aromatic N) is 2. The smallest absolute Gasteiger partial charge is 0.376 e. The van der Waals surface area contributed by atoms with Crippen LogP contribution in [0.2, 0.25) is 0 Å². The molecule has 3 heterocycles. The van der Waals surface area contributed by atoms with E-state index in [0.29, 0.717) is 5.56 Å². The van der Waals surface area contributed by atoms with Gasteiger partial charge in [0.1, 0.15) is 5.75 Å². The van der Waals surface area contributed by atoms with Crippen molar-refractivity contribution in [1.29, 1.82) is 0 Å². The molecule has 0 fully saturated rings. The van der Waals surface area contributed by atoms with Gasteiger partial charge in [-0.1, -0.05) is 48.5 Å². The van der Waals surface area contributed by atoms with Crippen LogP contribution in [0, 0.1) is 0 Å². The summed E-state index contributed by atoms with van der Waals surface area (Å²) < 4.78 is 70.2. The Kier molecular flexibility index (Phi) is 5.17. The molecule has 3 aromatic heterocycles. The van der Waals surface area contributed by atoms with Gasteiger partial charge in [0.15, 0.2) is 5.65 Å². The van der Waals surface area contributed by atoms with Gasteiger partial charge in [0.05, 0.1) is 21.4 Å². The van der Waals surface area contributed by atoms with E-state index >= 15 is 0 Å². The molecule has 0 saturated heterocycles. The quantitative estimate of drug-likeness (QED) is 0.116. The first-order valence-corrected chi connectivity index (χ1v) is 15.1. The summed E-state index contributed by atoms with van der Waals surface area (Å²) in [6, 6.07) is 32.2. The van der Waals surface area contributed by atoms with Gasteiger partial charge in [0.25, 0.3) is 0 Å². The summed E-state index contributed by atoms with van der Waals surface area (Å²) in [7, 11) is -5.78.